The molecule has 1 aromatic heterocycles. The van der Waals surface area contributed by atoms with E-state index in [2.05, 4.69) is 9.68 Å². The Morgan fingerprint density at radius 1 is 1.89 bits per heavy atom. The highest BCUT2D eigenvalue weighted by atomic mass is 16.5. The lowest BCUT2D eigenvalue weighted by Gasteiger charge is -1.65. The summed E-state index contributed by atoms with van der Waals surface area (Å²) < 4.78 is 4.58. The molecule has 0 aliphatic rings. The third-order valence-electron chi connectivity index (χ3n) is 0.567. The van der Waals surface area contributed by atoms with Crippen molar-refractivity contribution < 1.29 is 9.32 Å². The normalized spacial score (nSPS) is 6.78. The van der Waals surface area contributed by atoms with Gasteiger partial charge < -0.3 is 4.52 Å². The second-order valence-electron chi connectivity index (χ2n) is 1.23. The van der Waals surface area contributed by atoms with Crippen LogP contribution in [-0.4, -0.2) is 11.2 Å². The van der Waals surface area contributed by atoms with Crippen LogP contribution in [0.2, 0.25) is 0 Å². The molecule has 48 valence electrons. The molecule has 9 heavy (non-hydrogen) atoms. The molecule has 0 amide bonds. The van der Waals surface area contributed by atoms with E-state index >= 15 is 0 Å². The van der Waals surface area contributed by atoms with Crippen LogP contribution < -0.4 is 0 Å². The van der Waals surface area contributed by atoms with Crippen LogP contribution in [0.15, 0.2) is 16.8 Å². The zero-order chi connectivity index (χ0) is 7.11. The molecule has 0 saturated carbocycles. The van der Waals surface area contributed by atoms with E-state index in [0.29, 0.717) is 0 Å². The summed E-state index contributed by atoms with van der Waals surface area (Å²) in [5.74, 6) is 0.856. The maximum atomic E-state index is 8.35. The maximum Gasteiger partial charge on any atom is 0.231 e. The average molecular weight is 126 g/mol. The minimum atomic E-state index is 0.750. The lowest BCUT2D eigenvalue weighted by molar-refractivity contribution is 0.397. The average Bonchev–Trinajstić information content (AvgIpc) is 2.20. The summed E-state index contributed by atoms with van der Waals surface area (Å²) in [6, 6.07) is 1.81. The van der Waals surface area contributed by atoms with Crippen LogP contribution >= 0.6 is 0 Å². The highest BCUT2D eigenvalue weighted by molar-refractivity contribution is 5.26. The van der Waals surface area contributed by atoms with Gasteiger partial charge in [0.05, 0.1) is 6.20 Å². The fourth-order valence-electron chi connectivity index (χ4n) is 0.279. The van der Waals surface area contributed by atoms with Crippen LogP contribution in [0.5, 0.6) is 0 Å². The number of hydrogen-bond donors (Lipinski definition) is 1. The molecule has 0 fully saturated rings. The van der Waals surface area contributed by atoms with E-state index in [1.165, 1.54) is 0 Å². The van der Waals surface area contributed by atoms with Gasteiger partial charge >= 0.3 is 0 Å². The van der Waals surface area contributed by atoms with E-state index in [9.17, 15) is 0 Å². The van der Waals surface area contributed by atoms with E-state index in [-0.39, 0.29) is 0 Å². The van der Waals surface area contributed by atoms with Crippen LogP contribution in [0.25, 0.3) is 0 Å². The van der Waals surface area contributed by atoms with E-state index in [0.717, 1.165) is 11.8 Å². The van der Waals surface area contributed by atoms with Gasteiger partial charge in [0.1, 0.15) is 5.76 Å². The number of aromatic nitrogens is 1. The highest BCUT2D eigenvalue weighted by Crippen LogP contribution is 1.88. The van der Waals surface area contributed by atoms with Crippen LogP contribution in [0, 0.1) is 12.3 Å². The molecule has 1 rings (SSSR count). The predicted octanol–water partition coefficient (Wildman–Crippen LogP) is 0.884. The van der Waals surface area contributed by atoms with Crippen molar-refractivity contribution in [2.45, 2.75) is 6.92 Å². The van der Waals surface area contributed by atoms with Crippen LogP contribution in [-0.2, 0) is 4.79 Å². The van der Waals surface area contributed by atoms with Gasteiger partial charge in [0.2, 0.25) is 6.08 Å². The lowest BCUT2D eigenvalue weighted by Crippen LogP contribution is -1.50. The summed E-state index contributed by atoms with van der Waals surface area (Å²) in [5, 5.41) is 8.85. The number of rotatable bonds is 0. The minimum absolute atomic E-state index is 0.750. The van der Waals surface area contributed by atoms with Gasteiger partial charge in [-0.2, -0.15) is 0 Å². The second kappa shape index (κ2) is 4.74. The van der Waals surface area contributed by atoms with E-state index in [1.807, 2.05) is 6.92 Å². The minimum Gasteiger partial charge on any atom is -0.362 e. The molecule has 0 aromatic carbocycles. The van der Waals surface area contributed by atoms with Crippen molar-refractivity contribution in [2.75, 3.05) is 0 Å². The first-order chi connectivity index (χ1) is 4.31. The SMILES string of the molecule is Cc1ccno1.N=C=O. The molecule has 4 nitrogen and oxygen atoms in total. The summed E-state index contributed by atoms with van der Waals surface area (Å²) in [4.78, 5) is 8.35. The molecule has 1 heterocycles. The Balaban J connectivity index is 0.000000187. The Morgan fingerprint density at radius 3 is 2.56 bits per heavy atom. The zero-order valence-corrected chi connectivity index (χ0v) is 4.92. The topological polar surface area (TPSA) is 67.0 Å². The Bertz CT molecular complexity index is 175. The summed E-state index contributed by atoms with van der Waals surface area (Å²) in [6.45, 7) is 1.85. The Labute approximate surface area is 52.0 Å². The van der Waals surface area contributed by atoms with Gasteiger partial charge in [0.25, 0.3) is 0 Å². The van der Waals surface area contributed by atoms with Crippen molar-refractivity contribution in [3.63, 3.8) is 0 Å². The first-order valence-corrected chi connectivity index (χ1v) is 2.22. The summed E-state index contributed by atoms with van der Waals surface area (Å²) in [5.41, 5.74) is 0. The van der Waals surface area contributed by atoms with Crippen molar-refractivity contribution in [3.05, 3.63) is 18.0 Å². The predicted molar refractivity (Wildman–Crippen MR) is 29.7 cm³/mol. The van der Waals surface area contributed by atoms with Gasteiger partial charge in [-0.1, -0.05) is 5.16 Å². The molecule has 0 aliphatic carbocycles. The molecule has 1 N–H and O–H groups in total. The fourth-order valence-corrected chi connectivity index (χ4v) is 0.279. The van der Waals surface area contributed by atoms with Gasteiger partial charge in [-0.05, 0) is 6.92 Å². The summed E-state index contributed by atoms with van der Waals surface area (Å²) in [6.07, 6.45) is 2.37. The molecular formula is C5H6N2O2. The third-order valence-corrected chi connectivity index (χ3v) is 0.567. The Kier molecular flexibility index (Phi) is 4.00. The Hall–Kier alpha value is -1.41. The van der Waals surface area contributed by atoms with Gasteiger partial charge in [0.15, 0.2) is 0 Å². The van der Waals surface area contributed by atoms with Crippen molar-refractivity contribution >= 4 is 6.08 Å². The third kappa shape index (κ3) is 4.44. The van der Waals surface area contributed by atoms with Crippen LogP contribution in [0.1, 0.15) is 5.76 Å². The number of hydrogen-bond acceptors (Lipinski definition) is 4. The van der Waals surface area contributed by atoms with Crippen molar-refractivity contribution in [3.8, 4) is 0 Å². The number of carbonyl (C=O) groups excluding carboxylic acids is 1. The zero-order valence-electron chi connectivity index (χ0n) is 4.92. The summed E-state index contributed by atoms with van der Waals surface area (Å²) >= 11 is 0. The van der Waals surface area contributed by atoms with Gasteiger partial charge in [-0.25, -0.2) is 10.2 Å². The molecule has 0 spiro atoms. The molecule has 1 aromatic rings. The van der Waals surface area contributed by atoms with Gasteiger partial charge in [-0.3, -0.25) is 0 Å². The molecule has 0 saturated heterocycles. The first-order valence-electron chi connectivity index (χ1n) is 2.22. The number of isocyanates is 1. The molecular weight excluding hydrogens is 120 g/mol. The first kappa shape index (κ1) is 7.59. The monoisotopic (exact) mass is 126 g/mol. The van der Waals surface area contributed by atoms with E-state index in [1.54, 1.807) is 12.3 Å². The standard InChI is InChI=1S/C4H5NO.CHNO/c1-4-2-3-5-6-4;2-1-3/h2-3H,1H3;2H. The van der Waals surface area contributed by atoms with Gasteiger partial charge in [0, 0.05) is 6.07 Å². The number of aryl methyl sites for hydroxylation is 1. The molecule has 0 unspecified atom stereocenters. The highest BCUT2D eigenvalue weighted by Gasteiger charge is 1.78. The second-order valence-corrected chi connectivity index (χ2v) is 1.23. The lowest BCUT2D eigenvalue weighted by atomic mass is 10.5. The molecule has 0 bridgehead atoms. The van der Waals surface area contributed by atoms with Crippen LogP contribution in [0.3, 0.4) is 0 Å². The van der Waals surface area contributed by atoms with Crippen molar-refractivity contribution in [1.82, 2.24) is 5.16 Å². The van der Waals surface area contributed by atoms with Crippen LogP contribution in [0.4, 0.5) is 0 Å². The smallest absolute Gasteiger partial charge is 0.231 e. The maximum absolute atomic E-state index is 8.35. The molecule has 0 aliphatic heterocycles. The van der Waals surface area contributed by atoms with Crippen molar-refractivity contribution in [2.24, 2.45) is 0 Å². The van der Waals surface area contributed by atoms with Crippen molar-refractivity contribution in [1.29, 1.82) is 5.41 Å². The largest absolute Gasteiger partial charge is 0.362 e. The van der Waals surface area contributed by atoms with E-state index < -0.39 is 0 Å². The van der Waals surface area contributed by atoms with E-state index in [4.69, 9.17) is 10.2 Å². The molecule has 0 atom stereocenters. The Morgan fingerprint density at radius 2 is 2.44 bits per heavy atom. The number of nitrogens with one attached hydrogen (secondary N) is 1. The molecule has 4 heteroatoms. The van der Waals surface area contributed by atoms with Gasteiger partial charge in [-0.15, -0.1) is 0 Å². The molecule has 0 radical (unpaired) electrons. The number of nitrogens with zero attached hydrogens (tertiary/aromatic N) is 1. The summed E-state index contributed by atoms with van der Waals surface area (Å²) in [7, 11) is 0. The quantitative estimate of drug-likeness (QED) is 0.414. The fraction of sp³-hybridized carbons (Fsp3) is 0.200.